The van der Waals surface area contributed by atoms with E-state index >= 15 is 0 Å². The fourth-order valence-corrected chi connectivity index (χ4v) is 6.01. The summed E-state index contributed by atoms with van der Waals surface area (Å²) < 4.78 is 0. The van der Waals surface area contributed by atoms with Crippen molar-refractivity contribution in [3.05, 3.63) is 71.8 Å². The number of benzene rings is 2. The molecule has 3 heteroatoms. The normalized spacial score (nSPS) is 28.6. The highest BCUT2D eigenvalue weighted by Crippen LogP contribution is 2.41. The highest BCUT2D eigenvalue weighted by atomic mass is 32.2. The predicted molar refractivity (Wildman–Crippen MR) is 108 cm³/mol. The van der Waals surface area contributed by atoms with Gasteiger partial charge in [-0.3, -0.25) is 0 Å². The molecule has 2 fully saturated rings. The summed E-state index contributed by atoms with van der Waals surface area (Å²) in [5.41, 5.74) is 2.79. The Balaban J connectivity index is 1.26. The molecule has 25 heavy (non-hydrogen) atoms. The lowest BCUT2D eigenvalue weighted by Gasteiger charge is -2.44. The maximum absolute atomic E-state index is 3.82. The molecule has 2 aromatic rings. The minimum absolute atomic E-state index is 0.677. The molecule has 0 aliphatic carbocycles. The summed E-state index contributed by atoms with van der Waals surface area (Å²) in [5, 5.41) is 9.23. The average molecular weight is 353 g/mol. The van der Waals surface area contributed by atoms with Gasteiger partial charge in [0, 0.05) is 35.7 Å². The van der Waals surface area contributed by atoms with E-state index in [0.717, 1.165) is 23.6 Å². The van der Waals surface area contributed by atoms with Crippen LogP contribution in [0.25, 0.3) is 0 Å². The Morgan fingerprint density at radius 2 is 1.08 bits per heavy atom. The van der Waals surface area contributed by atoms with Crippen LogP contribution in [0, 0.1) is 0 Å². The first-order valence-electron chi connectivity index (χ1n) is 9.58. The van der Waals surface area contributed by atoms with Gasteiger partial charge in [-0.1, -0.05) is 60.7 Å². The van der Waals surface area contributed by atoms with Crippen molar-refractivity contribution in [3.8, 4) is 0 Å². The van der Waals surface area contributed by atoms with Crippen LogP contribution < -0.4 is 10.6 Å². The molecule has 0 amide bonds. The molecule has 2 nitrogen and oxygen atoms in total. The van der Waals surface area contributed by atoms with Crippen LogP contribution in [0.15, 0.2) is 60.7 Å². The van der Waals surface area contributed by atoms with Gasteiger partial charge in [-0.15, -0.1) is 0 Å². The molecule has 2 aliphatic rings. The molecule has 2 aliphatic heterocycles. The van der Waals surface area contributed by atoms with Gasteiger partial charge in [-0.25, -0.2) is 0 Å². The summed E-state index contributed by atoms with van der Waals surface area (Å²) in [5.74, 6) is 0. The molecule has 0 radical (unpaired) electrons. The van der Waals surface area contributed by atoms with E-state index in [1.54, 1.807) is 0 Å². The third kappa shape index (κ3) is 4.46. The number of nitrogens with one attached hydrogen (secondary N) is 2. The van der Waals surface area contributed by atoms with Crippen LogP contribution in [-0.4, -0.2) is 22.6 Å². The molecular formula is C22H28N2S. The largest absolute Gasteiger partial charge is 0.309 e. The van der Waals surface area contributed by atoms with Crippen LogP contribution in [0.2, 0.25) is 0 Å². The van der Waals surface area contributed by atoms with Crippen molar-refractivity contribution in [3.63, 3.8) is 0 Å². The average Bonchev–Trinajstić information content (AvgIpc) is 2.68. The van der Waals surface area contributed by atoms with Gasteiger partial charge in [0.25, 0.3) is 0 Å². The molecule has 2 heterocycles. The van der Waals surface area contributed by atoms with Crippen molar-refractivity contribution in [2.75, 3.05) is 0 Å². The molecule has 2 N–H and O–H groups in total. The van der Waals surface area contributed by atoms with Gasteiger partial charge >= 0.3 is 0 Å². The number of hydrogen-bond donors (Lipinski definition) is 2. The predicted octanol–water partition coefficient (Wildman–Crippen LogP) is 4.36. The van der Waals surface area contributed by atoms with Gasteiger partial charge in [-0.05, 0) is 36.8 Å². The molecule has 2 saturated heterocycles. The Labute approximate surface area is 155 Å². The summed E-state index contributed by atoms with van der Waals surface area (Å²) in [6.07, 6.45) is 5.30. The fraction of sp³-hybridized carbons (Fsp3) is 0.455. The van der Waals surface area contributed by atoms with Crippen molar-refractivity contribution in [2.45, 2.75) is 61.4 Å². The van der Waals surface area contributed by atoms with Crippen molar-refractivity contribution in [1.82, 2.24) is 10.6 Å². The van der Waals surface area contributed by atoms with Gasteiger partial charge in [-0.2, -0.15) is 11.8 Å². The molecule has 4 atom stereocenters. The van der Waals surface area contributed by atoms with E-state index in [4.69, 9.17) is 0 Å². The first-order valence-corrected chi connectivity index (χ1v) is 10.5. The van der Waals surface area contributed by atoms with E-state index in [0.29, 0.717) is 12.1 Å². The van der Waals surface area contributed by atoms with Crippen LogP contribution in [0.4, 0.5) is 0 Å². The molecule has 132 valence electrons. The molecule has 2 bridgehead atoms. The van der Waals surface area contributed by atoms with Crippen molar-refractivity contribution in [2.24, 2.45) is 0 Å². The quantitative estimate of drug-likeness (QED) is 0.808. The van der Waals surface area contributed by atoms with E-state index in [1.807, 2.05) is 0 Å². The fourth-order valence-electron chi connectivity index (χ4n) is 4.17. The monoisotopic (exact) mass is 352 g/mol. The third-order valence-electron chi connectivity index (χ3n) is 5.59. The Morgan fingerprint density at radius 3 is 1.52 bits per heavy atom. The molecule has 0 aromatic heterocycles. The molecule has 0 saturated carbocycles. The molecule has 2 aromatic carbocycles. The van der Waals surface area contributed by atoms with Gasteiger partial charge in [0.05, 0.1) is 0 Å². The summed E-state index contributed by atoms with van der Waals surface area (Å²) in [7, 11) is 0. The van der Waals surface area contributed by atoms with Crippen LogP contribution in [-0.2, 0) is 13.1 Å². The van der Waals surface area contributed by atoms with Gasteiger partial charge in [0.1, 0.15) is 0 Å². The second-order valence-electron chi connectivity index (χ2n) is 7.31. The van der Waals surface area contributed by atoms with Crippen molar-refractivity contribution in [1.29, 1.82) is 0 Å². The first kappa shape index (κ1) is 17.1. The molecular weight excluding hydrogens is 324 g/mol. The van der Waals surface area contributed by atoms with E-state index in [9.17, 15) is 0 Å². The highest BCUT2D eigenvalue weighted by Gasteiger charge is 2.38. The lowest BCUT2D eigenvalue weighted by Crippen LogP contribution is -2.51. The Morgan fingerprint density at radius 1 is 0.640 bits per heavy atom. The number of thioether (sulfide) groups is 1. The summed E-state index contributed by atoms with van der Waals surface area (Å²) in [6, 6.07) is 22.9. The molecule has 4 rings (SSSR count). The molecule has 0 spiro atoms. The SMILES string of the molecule is c1ccc(CN[C@H]2CC[C@H]3S[C@@H]2CC[C@@H]3NCc2ccccc2)cc1. The van der Waals surface area contributed by atoms with Crippen LogP contribution in [0.5, 0.6) is 0 Å². The second kappa shape index (κ2) is 8.39. The van der Waals surface area contributed by atoms with E-state index in [-0.39, 0.29) is 0 Å². The Kier molecular flexibility index (Phi) is 5.75. The van der Waals surface area contributed by atoms with E-state index < -0.39 is 0 Å². The third-order valence-corrected chi connectivity index (χ3v) is 7.42. The summed E-state index contributed by atoms with van der Waals surface area (Å²) in [6.45, 7) is 2.01. The first-order chi connectivity index (χ1) is 12.4. The standard InChI is InChI=1S/C22H28N2S/c1-3-7-17(8-4-1)15-23-19-11-13-22-20(12-14-21(19)25-22)24-16-18-9-5-2-6-10-18/h1-10,19-24H,11-16H2/t19-,20-,21+,22+/m0/s1. The summed E-state index contributed by atoms with van der Waals surface area (Å²) in [4.78, 5) is 0. The lowest BCUT2D eigenvalue weighted by molar-refractivity contribution is 0.330. The Bertz CT molecular complexity index is 588. The van der Waals surface area contributed by atoms with E-state index in [2.05, 4.69) is 83.1 Å². The van der Waals surface area contributed by atoms with Gasteiger partial charge in [0.2, 0.25) is 0 Å². The number of rotatable bonds is 6. The number of fused-ring (bicyclic) bond motifs is 2. The topological polar surface area (TPSA) is 24.1 Å². The highest BCUT2D eigenvalue weighted by molar-refractivity contribution is 8.00. The minimum Gasteiger partial charge on any atom is -0.309 e. The smallest absolute Gasteiger partial charge is 0.0208 e. The zero-order valence-corrected chi connectivity index (χ0v) is 15.6. The van der Waals surface area contributed by atoms with Crippen LogP contribution >= 0.6 is 11.8 Å². The number of hydrogen-bond acceptors (Lipinski definition) is 3. The van der Waals surface area contributed by atoms with Crippen molar-refractivity contribution >= 4 is 11.8 Å². The van der Waals surface area contributed by atoms with Crippen molar-refractivity contribution < 1.29 is 0 Å². The van der Waals surface area contributed by atoms with Gasteiger partial charge in [0.15, 0.2) is 0 Å². The lowest BCUT2D eigenvalue weighted by atomic mass is 9.91. The maximum atomic E-state index is 3.82. The summed E-state index contributed by atoms with van der Waals surface area (Å²) >= 11 is 2.23. The zero-order valence-electron chi connectivity index (χ0n) is 14.7. The maximum Gasteiger partial charge on any atom is 0.0208 e. The van der Waals surface area contributed by atoms with Crippen LogP contribution in [0.1, 0.15) is 36.8 Å². The van der Waals surface area contributed by atoms with Gasteiger partial charge < -0.3 is 10.6 Å². The Hall–Kier alpha value is -1.29. The zero-order chi connectivity index (χ0) is 16.9. The van der Waals surface area contributed by atoms with Crippen LogP contribution in [0.3, 0.4) is 0 Å². The van der Waals surface area contributed by atoms with E-state index in [1.165, 1.54) is 36.8 Å². The minimum atomic E-state index is 0.677. The second-order valence-corrected chi connectivity index (χ2v) is 8.80. The molecule has 0 unspecified atom stereocenters.